The van der Waals surface area contributed by atoms with Crippen molar-refractivity contribution in [1.82, 2.24) is 15.5 Å². The third kappa shape index (κ3) is 5.64. The molecule has 0 fully saturated rings. The smallest absolute Gasteiger partial charge is 0.315 e. The SMILES string of the molecule is CCN(CC)Cc1ccccc1CNC(=O)NC(C)c1ccc(C)o1. The van der Waals surface area contributed by atoms with Crippen molar-refractivity contribution < 1.29 is 9.21 Å². The van der Waals surface area contributed by atoms with Crippen LogP contribution in [0.5, 0.6) is 0 Å². The Labute approximate surface area is 150 Å². The number of rotatable bonds is 8. The van der Waals surface area contributed by atoms with Crippen LogP contribution < -0.4 is 10.6 Å². The Morgan fingerprint density at radius 3 is 2.40 bits per heavy atom. The van der Waals surface area contributed by atoms with Gasteiger partial charge in [-0.2, -0.15) is 0 Å². The highest BCUT2D eigenvalue weighted by Gasteiger charge is 2.13. The predicted molar refractivity (Wildman–Crippen MR) is 100 cm³/mol. The van der Waals surface area contributed by atoms with E-state index < -0.39 is 0 Å². The third-order valence-electron chi connectivity index (χ3n) is 4.38. The first-order chi connectivity index (χ1) is 12.0. The standard InChI is InChI=1S/C20H29N3O2/c1-5-23(6-2)14-18-10-8-7-9-17(18)13-21-20(24)22-16(4)19-12-11-15(3)25-19/h7-12,16H,5-6,13-14H2,1-4H3,(H2,21,22,24). The molecule has 1 heterocycles. The molecule has 1 aromatic heterocycles. The monoisotopic (exact) mass is 343 g/mol. The second kappa shape index (κ2) is 9.28. The molecule has 1 unspecified atom stereocenters. The number of hydrogen-bond acceptors (Lipinski definition) is 3. The van der Waals surface area contributed by atoms with Crippen molar-refractivity contribution in [2.24, 2.45) is 0 Å². The van der Waals surface area contributed by atoms with Gasteiger partial charge in [0.15, 0.2) is 0 Å². The Morgan fingerprint density at radius 1 is 1.12 bits per heavy atom. The molecule has 2 amide bonds. The van der Waals surface area contributed by atoms with Crippen LogP contribution in [0.4, 0.5) is 4.79 Å². The van der Waals surface area contributed by atoms with Crippen molar-refractivity contribution in [1.29, 1.82) is 0 Å². The van der Waals surface area contributed by atoms with Gasteiger partial charge in [-0.05, 0) is 50.2 Å². The molecule has 0 spiro atoms. The number of furan rings is 1. The fraction of sp³-hybridized carbons (Fsp3) is 0.450. The number of nitrogens with one attached hydrogen (secondary N) is 2. The van der Waals surface area contributed by atoms with Gasteiger partial charge < -0.3 is 15.1 Å². The Bertz CT molecular complexity index is 677. The van der Waals surface area contributed by atoms with E-state index in [9.17, 15) is 4.79 Å². The van der Waals surface area contributed by atoms with Gasteiger partial charge in [0.05, 0.1) is 6.04 Å². The van der Waals surface area contributed by atoms with Crippen LogP contribution in [0.15, 0.2) is 40.8 Å². The van der Waals surface area contributed by atoms with Gasteiger partial charge >= 0.3 is 6.03 Å². The van der Waals surface area contributed by atoms with Crippen molar-refractivity contribution >= 4 is 6.03 Å². The van der Waals surface area contributed by atoms with Gasteiger partial charge in [0.1, 0.15) is 11.5 Å². The third-order valence-corrected chi connectivity index (χ3v) is 4.38. The number of amides is 2. The Hall–Kier alpha value is -2.27. The van der Waals surface area contributed by atoms with Crippen LogP contribution in [0.25, 0.3) is 0 Å². The van der Waals surface area contributed by atoms with Crippen LogP contribution in [-0.4, -0.2) is 24.0 Å². The summed E-state index contributed by atoms with van der Waals surface area (Å²) in [5, 5.41) is 5.85. The minimum atomic E-state index is -0.195. The fourth-order valence-corrected chi connectivity index (χ4v) is 2.75. The molecule has 0 aliphatic rings. The van der Waals surface area contributed by atoms with Crippen LogP contribution in [0.2, 0.25) is 0 Å². The van der Waals surface area contributed by atoms with Gasteiger partial charge in [-0.3, -0.25) is 4.90 Å². The van der Waals surface area contributed by atoms with E-state index in [1.165, 1.54) is 5.56 Å². The zero-order chi connectivity index (χ0) is 18.2. The van der Waals surface area contributed by atoms with Gasteiger partial charge in [0.25, 0.3) is 0 Å². The molecular weight excluding hydrogens is 314 g/mol. The minimum absolute atomic E-state index is 0.167. The number of benzene rings is 1. The summed E-state index contributed by atoms with van der Waals surface area (Å²) in [6.45, 7) is 11.6. The molecule has 0 radical (unpaired) electrons. The summed E-state index contributed by atoms with van der Waals surface area (Å²) in [6, 6.07) is 11.7. The first-order valence-electron chi connectivity index (χ1n) is 8.93. The van der Waals surface area contributed by atoms with Gasteiger partial charge in [0, 0.05) is 13.1 Å². The Kier molecular flexibility index (Phi) is 7.07. The second-order valence-corrected chi connectivity index (χ2v) is 6.23. The van der Waals surface area contributed by atoms with Crippen molar-refractivity contribution in [3.63, 3.8) is 0 Å². The first kappa shape index (κ1) is 19.1. The lowest BCUT2D eigenvalue weighted by atomic mass is 10.1. The number of carbonyl (C=O) groups excluding carboxylic acids is 1. The normalized spacial score (nSPS) is 12.2. The van der Waals surface area contributed by atoms with Gasteiger partial charge in [0.2, 0.25) is 0 Å². The predicted octanol–water partition coefficient (Wildman–Crippen LogP) is 3.99. The molecule has 2 rings (SSSR count). The van der Waals surface area contributed by atoms with Crippen LogP contribution in [0.1, 0.15) is 49.5 Å². The lowest BCUT2D eigenvalue weighted by Gasteiger charge is -2.20. The molecule has 5 nitrogen and oxygen atoms in total. The summed E-state index contributed by atoms with van der Waals surface area (Å²) >= 11 is 0. The molecule has 5 heteroatoms. The zero-order valence-corrected chi connectivity index (χ0v) is 15.6. The highest BCUT2D eigenvalue weighted by Crippen LogP contribution is 2.15. The number of urea groups is 1. The number of carbonyl (C=O) groups is 1. The Balaban J connectivity index is 1.91. The minimum Gasteiger partial charge on any atom is -0.464 e. The molecule has 2 N–H and O–H groups in total. The molecule has 1 aromatic carbocycles. The van der Waals surface area contributed by atoms with E-state index in [2.05, 4.69) is 41.5 Å². The highest BCUT2D eigenvalue weighted by molar-refractivity contribution is 5.74. The number of nitrogens with zero attached hydrogens (tertiary/aromatic N) is 1. The van der Waals surface area contributed by atoms with E-state index in [0.29, 0.717) is 6.54 Å². The molecule has 0 saturated carbocycles. The summed E-state index contributed by atoms with van der Waals surface area (Å²) in [5.74, 6) is 1.60. The van der Waals surface area contributed by atoms with Gasteiger partial charge in [-0.15, -0.1) is 0 Å². The number of aryl methyl sites for hydroxylation is 1. The maximum absolute atomic E-state index is 12.2. The summed E-state index contributed by atoms with van der Waals surface area (Å²) in [4.78, 5) is 14.5. The van der Waals surface area contributed by atoms with Crippen molar-refractivity contribution in [3.8, 4) is 0 Å². The lowest BCUT2D eigenvalue weighted by molar-refractivity contribution is 0.235. The summed E-state index contributed by atoms with van der Waals surface area (Å²) in [5.41, 5.74) is 2.40. The fourth-order valence-electron chi connectivity index (χ4n) is 2.75. The summed E-state index contributed by atoms with van der Waals surface area (Å²) in [7, 11) is 0. The summed E-state index contributed by atoms with van der Waals surface area (Å²) in [6.07, 6.45) is 0. The molecule has 136 valence electrons. The molecule has 1 atom stereocenters. The van der Waals surface area contributed by atoms with Gasteiger partial charge in [-0.1, -0.05) is 38.1 Å². The van der Waals surface area contributed by atoms with E-state index in [4.69, 9.17) is 4.42 Å². The van der Waals surface area contributed by atoms with Crippen LogP contribution in [0, 0.1) is 6.92 Å². The van der Waals surface area contributed by atoms with Gasteiger partial charge in [-0.25, -0.2) is 4.79 Å². The second-order valence-electron chi connectivity index (χ2n) is 6.23. The summed E-state index contributed by atoms with van der Waals surface area (Å²) < 4.78 is 5.55. The quantitative estimate of drug-likeness (QED) is 0.762. The first-order valence-corrected chi connectivity index (χ1v) is 8.93. The van der Waals surface area contributed by atoms with E-state index in [1.807, 2.05) is 38.1 Å². The van der Waals surface area contributed by atoms with Crippen molar-refractivity contribution in [3.05, 3.63) is 59.0 Å². The molecular formula is C20H29N3O2. The average molecular weight is 343 g/mol. The average Bonchev–Trinajstić information content (AvgIpc) is 3.05. The highest BCUT2D eigenvalue weighted by atomic mass is 16.3. The molecule has 25 heavy (non-hydrogen) atoms. The maximum atomic E-state index is 12.2. The van der Waals surface area contributed by atoms with Crippen molar-refractivity contribution in [2.45, 2.75) is 46.8 Å². The topological polar surface area (TPSA) is 57.5 Å². The van der Waals surface area contributed by atoms with E-state index in [0.717, 1.165) is 36.7 Å². The molecule has 0 aliphatic carbocycles. The zero-order valence-electron chi connectivity index (χ0n) is 15.6. The van der Waals surface area contributed by atoms with E-state index in [-0.39, 0.29) is 12.1 Å². The Morgan fingerprint density at radius 2 is 1.80 bits per heavy atom. The largest absolute Gasteiger partial charge is 0.464 e. The van der Waals surface area contributed by atoms with Crippen molar-refractivity contribution in [2.75, 3.05) is 13.1 Å². The molecule has 0 saturated heterocycles. The molecule has 0 aliphatic heterocycles. The lowest BCUT2D eigenvalue weighted by Crippen LogP contribution is -2.36. The van der Waals surface area contributed by atoms with Crippen LogP contribution in [0.3, 0.4) is 0 Å². The maximum Gasteiger partial charge on any atom is 0.315 e. The van der Waals surface area contributed by atoms with Crippen LogP contribution in [-0.2, 0) is 13.1 Å². The molecule has 0 bridgehead atoms. The van der Waals surface area contributed by atoms with Crippen LogP contribution >= 0.6 is 0 Å². The molecule has 2 aromatic rings. The number of hydrogen-bond donors (Lipinski definition) is 2. The van der Waals surface area contributed by atoms with E-state index >= 15 is 0 Å². The van der Waals surface area contributed by atoms with E-state index in [1.54, 1.807) is 0 Å².